The zero-order valence-electron chi connectivity index (χ0n) is 26.8. The van der Waals surface area contributed by atoms with E-state index in [-0.39, 0.29) is 11.5 Å². The first kappa shape index (κ1) is 32.3. The number of thiazole rings is 1. The molecule has 0 saturated carbocycles. The lowest BCUT2D eigenvalue weighted by molar-refractivity contribution is -0.127. The SMILES string of the molecule is CCOc1cc(/C=c2/sc3n(c2=O)[C@H](c2ccc(Cl)cc2)C(C(=O)N(CC)CC)=C(C)N=3)ccc1OCc1cccc2ccccc12. The van der Waals surface area contributed by atoms with Crippen LogP contribution in [0.2, 0.25) is 5.02 Å². The molecule has 0 unspecified atom stereocenters. The third kappa shape index (κ3) is 6.48. The average molecular weight is 666 g/mol. The van der Waals surface area contributed by atoms with Crippen LogP contribution < -0.4 is 24.4 Å². The predicted octanol–water partition coefficient (Wildman–Crippen LogP) is 6.89. The monoisotopic (exact) mass is 665 g/mol. The Morgan fingerprint density at radius 2 is 1.70 bits per heavy atom. The third-order valence-electron chi connectivity index (χ3n) is 8.32. The van der Waals surface area contributed by atoms with Gasteiger partial charge in [0.1, 0.15) is 6.61 Å². The van der Waals surface area contributed by atoms with Gasteiger partial charge in [-0.05, 0) is 85.5 Å². The molecule has 2 heterocycles. The van der Waals surface area contributed by atoms with Gasteiger partial charge in [0.05, 0.1) is 28.5 Å². The maximum absolute atomic E-state index is 14.1. The predicted molar refractivity (Wildman–Crippen MR) is 189 cm³/mol. The molecule has 1 amide bonds. The van der Waals surface area contributed by atoms with Crippen molar-refractivity contribution in [2.45, 2.75) is 40.3 Å². The van der Waals surface area contributed by atoms with E-state index in [1.807, 2.05) is 82.3 Å². The molecule has 6 rings (SSSR count). The van der Waals surface area contributed by atoms with E-state index in [4.69, 9.17) is 26.1 Å². The number of ether oxygens (including phenoxy) is 2. The first-order valence-electron chi connectivity index (χ1n) is 15.8. The zero-order valence-corrected chi connectivity index (χ0v) is 28.4. The van der Waals surface area contributed by atoms with Crippen molar-refractivity contribution in [2.24, 2.45) is 4.99 Å². The summed E-state index contributed by atoms with van der Waals surface area (Å²) in [6, 6.07) is 26.8. The van der Waals surface area contributed by atoms with E-state index in [9.17, 15) is 9.59 Å². The first-order chi connectivity index (χ1) is 22.8. The van der Waals surface area contributed by atoms with Crippen LogP contribution in [0.1, 0.15) is 50.4 Å². The van der Waals surface area contributed by atoms with Crippen molar-refractivity contribution in [3.63, 3.8) is 0 Å². The van der Waals surface area contributed by atoms with Crippen LogP contribution in [-0.4, -0.2) is 35.1 Å². The van der Waals surface area contributed by atoms with E-state index < -0.39 is 6.04 Å². The van der Waals surface area contributed by atoms with Gasteiger partial charge in [0.25, 0.3) is 11.5 Å². The maximum atomic E-state index is 14.1. The van der Waals surface area contributed by atoms with Crippen molar-refractivity contribution in [3.05, 3.63) is 138 Å². The van der Waals surface area contributed by atoms with Crippen molar-refractivity contribution in [2.75, 3.05) is 19.7 Å². The molecule has 0 fully saturated rings. The number of aromatic nitrogens is 1. The summed E-state index contributed by atoms with van der Waals surface area (Å²) in [5.74, 6) is 1.08. The van der Waals surface area contributed by atoms with Crippen molar-refractivity contribution >= 4 is 45.7 Å². The van der Waals surface area contributed by atoms with Crippen LogP contribution >= 0.6 is 22.9 Å². The molecular weight excluding hydrogens is 630 g/mol. The van der Waals surface area contributed by atoms with Gasteiger partial charge in [-0.3, -0.25) is 14.2 Å². The Morgan fingerprint density at radius 1 is 0.957 bits per heavy atom. The van der Waals surface area contributed by atoms with Crippen molar-refractivity contribution in [3.8, 4) is 11.5 Å². The van der Waals surface area contributed by atoms with E-state index in [1.165, 1.54) is 11.3 Å². The van der Waals surface area contributed by atoms with Crippen LogP contribution in [0.15, 0.2) is 106 Å². The Bertz CT molecular complexity index is 2160. The smallest absolute Gasteiger partial charge is 0.271 e. The highest BCUT2D eigenvalue weighted by Gasteiger charge is 2.34. The number of carbonyl (C=O) groups excluding carboxylic acids is 1. The van der Waals surface area contributed by atoms with Gasteiger partial charge in [-0.15, -0.1) is 0 Å². The second-order valence-corrected chi connectivity index (χ2v) is 12.6. The Morgan fingerprint density at radius 3 is 2.45 bits per heavy atom. The van der Waals surface area contributed by atoms with Gasteiger partial charge in [-0.1, -0.05) is 83.6 Å². The summed E-state index contributed by atoms with van der Waals surface area (Å²) in [4.78, 5) is 35.0. The van der Waals surface area contributed by atoms with Crippen LogP contribution in [0, 0.1) is 0 Å². The minimum atomic E-state index is -0.636. The van der Waals surface area contributed by atoms with Crippen molar-refractivity contribution in [1.29, 1.82) is 0 Å². The standard InChI is InChI=1S/C38H36ClN3O4S/c1-5-41(6-2)37(44)34-24(4)40-38-42(35(34)27-16-18-29(39)19-17-27)36(43)33(47-38)22-25-15-20-31(32(21-25)45-7-3)46-23-28-13-10-12-26-11-8-9-14-30(26)28/h8-22,35H,5-7,23H2,1-4H3/b33-22+/t35-/m1/s1. The van der Waals surface area contributed by atoms with Gasteiger partial charge in [0.2, 0.25) is 0 Å². The lowest BCUT2D eigenvalue weighted by atomic mass is 9.94. The van der Waals surface area contributed by atoms with Crippen LogP contribution in [-0.2, 0) is 11.4 Å². The molecule has 4 aromatic carbocycles. The van der Waals surface area contributed by atoms with Gasteiger partial charge in [0, 0.05) is 18.1 Å². The summed E-state index contributed by atoms with van der Waals surface area (Å²) in [6.45, 7) is 9.59. The molecule has 1 aliphatic heterocycles. The van der Waals surface area contributed by atoms with E-state index in [0.29, 0.717) is 63.4 Å². The van der Waals surface area contributed by atoms with Gasteiger partial charge in [0.15, 0.2) is 16.3 Å². The summed E-state index contributed by atoms with van der Waals surface area (Å²) < 4.78 is 14.4. The summed E-state index contributed by atoms with van der Waals surface area (Å²) >= 11 is 7.52. The number of likely N-dealkylation sites (N-methyl/N-ethyl adjacent to an activating group) is 1. The number of amides is 1. The Hall–Kier alpha value is -4.66. The number of benzene rings is 4. The normalized spacial score (nSPS) is 14.6. The van der Waals surface area contributed by atoms with E-state index >= 15 is 0 Å². The molecular formula is C38H36ClN3O4S. The third-order valence-corrected chi connectivity index (χ3v) is 9.55. The number of hydrogen-bond donors (Lipinski definition) is 0. The average Bonchev–Trinajstić information content (AvgIpc) is 3.38. The molecule has 5 aromatic rings. The molecule has 0 radical (unpaired) electrons. The van der Waals surface area contributed by atoms with Gasteiger partial charge in [-0.2, -0.15) is 0 Å². The van der Waals surface area contributed by atoms with Gasteiger partial charge >= 0.3 is 0 Å². The van der Waals surface area contributed by atoms with E-state index in [2.05, 4.69) is 24.3 Å². The molecule has 0 N–H and O–H groups in total. The minimum Gasteiger partial charge on any atom is -0.490 e. The number of fused-ring (bicyclic) bond motifs is 2. The Labute approximate surface area is 282 Å². The number of rotatable bonds is 10. The fourth-order valence-corrected chi connectivity index (χ4v) is 7.14. The van der Waals surface area contributed by atoms with Crippen LogP contribution in [0.25, 0.3) is 16.8 Å². The second-order valence-electron chi connectivity index (χ2n) is 11.2. The number of hydrogen-bond acceptors (Lipinski definition) is 6. The number of carbonyl (C=O) groups is 1. The molecule has 240 valence electrons. The Balaban J connectivity index is 1.38. The van der Waals surface area contributed by atoms with Crippen molar-refractivity contribution in [1.82, 2.24) is 9.47 Å². The number of nitrogens with zero attached hydrogens (tertiary/aromatic N) is 3. The topological polar surface area (TPSA) is 73.1 Å². The van der Waals surface area contributed by atoms with Crippen molar-refractivity contribution < 1.29 is 14.3 Å². The van der Waals surface area contributed by atoms with Crippen LogP contribution in [0.3, 0.4) is 0 Å². The van der Waals surface area contributed by atoms with Crippen LogP contribution in [0.5, 0.6) is 11.5 Å². The summed E-state index contributed by atoms with van der Waals surface area (Å²) in [5.41, 5.74) is 3.52. The summed E-state index contributed by atoms with van der Waals surface area (Å²) in [7, 11) is 0. The number of halogens is 1. The fraction of sp³-hybridized carbons (Fsp3) is 0.237. The second kappa shape index (κ2) is 14.0. The van der Waals surface area contributed by atoms with E-state index in [0.717, 1.165) is 27.5 Å². The molecule has 0 saturated heterocycles. The summed E-state index contributed by atoms with van der Waals surface area (Å²) in [5, 5.41) is 2.88. The van der Waals surface area contributed by atoms with Crippen LogP contribution in [0.4, 0.5) is 0 Å². The number of allylic oxidation sites excluding steroid dienone is 1. The highest BCUT2D eigenvalue weighted by atomic mass is 35.5. The molecule has 1 aliphatic rings. The fourth-order valence-electron chi connectivity index (χ4n) is 5.96. The van der Waals surface area contributed by atoms with Gasteiger partial charge in [-0.25, -0.2) is 4.99 Å². The molecule has 9 heteroatoms. The molecule has 47 heavy (non-hydrogen) atoms. The largest absolute Gasteiger partial charge is 0.490 e. The summed E-state index contributed by atoms with van der Waals surface area (Å²) in [6.07, 6.45) is 1.84. The zero-order chi connectivity index (χ0) is 33.1. The quantitative estimate of drug-likeness (QED) is 0.163. The van der Waals surface area contributed by atoms with Gasteiger partial charge < -0.3 is 14.4 Å². The highest BCUT2D eigenvalue weighted by molar-refractivity contribution is 7.07. The minimum absolute atomic E-state index is 0.133. The molecule has 7 nitrogen and oxygen atoms in total. The first-order valence-corrected chi connectivity index (χ1v) is 17.0. The maximum Gasteiger partial charge on any atom is 0.271 e. The Kier molecular flexibility index (Phi) is 9.61. The molecule has 1 aromatic heterocycles. The molecule has 0 aliphatic carbocycles. The molecule has 0 bridgehead atoms. The molecule has 1 atom stereocenters. The molecule has 0 spiro atoms. The van der Waals surface area contributed by atoms with E-state index in [1.54, 1.807) is 21.6 Å². The lowest BCUT2D eigenvalue weighted by Crippen LogP contribution is -2.43. The lowest BCUT2D eigenvalue weighted by Gasteiger charge is -2.29. The highest BCUT2D eigenvalue weighted by Crippen LogP contribution is 2.33.